The standard InChI is InChI=1S/C24H27N5O4/c25-23(30)22-19(13-21(33-22)17-14-26-27-15-17)18-5-4-16(24(31)29-8-10-32-11-9-29)12-20(18)28-6-2-1-3-7-28/h4-5,12-15H,1-3,6-11H2,(H2,25,30)(H,26,27). The summed E-state index contributed by atoms with van der Waals surface area (Å²) in [6.07, 6.45) is 6.66. The van der Waals surface area contributed by atoms with E-state index in [1.54, 1.807) is 12.4 Å². The van der Waals surface area contributed by atoms with Gasteiger partial charge < -0.3 is 24.7 Å². The number of furan rings is 1. The highest BCUT2D eigenvalue weighted by Gasteiger charge is 2.26. The number of carbonyl (C=O) groups is 2. The quantitative estimate of drug-likeness (QED) is 0.618. The van der Waals surface area contributed by atoms with E-state index in [9.17, 15) is 9.59 Å². The first-order valence-corrected chi connectivity index (χ1v) is 11.3. The summed E-state index contributed by atoms with van der Waals surface area (Å²) in [6, 6.07) is 7.47. The maximum atomic E-state index is 13.2. The van der Waals surface area contributed by atoms with Crippen LogP contribution in [-0.2, 0) is 4.74 Å². The first-order chi connectivity index (χ1) is 16.1. The minimum Gasteiger partial charge on any atom is -0.450 e. The molecule has 9 heteroatoms. The van der Waals surface area contributed by atoms with Crippen molar-refractivity contribution in [3.8, 4) is 22.5 Å². The van der Waals surface area contributed by atoms with Crippen LogP contribution in [0.5, 0.6) is 0 Å². The number of anilines is 1. The monoisotopic (exact) mass is 449 g/mol. The van der Waals surface area contributed by atoms with Gasteiger partial charge in [-0.15, -0.1) is 0 Å². The van der Waals surface area contributed by atoms with Crippen LogP contribution in [0.15, 0.2) is 41.1 Å². The van der Waals surface area contributed by atoms with Gasteiger partial charge in [-0.25, -0.2) is 0 Å². The van der Waals surface area contributed by atoms with E-state index >= 15 is 0 Å². The van der Waals surface area contributed by atoms with E-state index < -0.39 is 5.91 Å². The molecule has 3 N–H and O–H groups in total. The molecule has 3 aromatic rings. The predicted molar refractivity (Wildman–Crippen MR) is 123 cm³/mol. The number of aromatic amines is 1. The first-order valence-electron chi connectivity index (χ1n) is 11.3. The highest BCUT2D eigenvalue weighted by atomic mass is 16.5. The lowest BCUT2D eigenvalue weighted by molar-refractivity contribution is 0.0303. The molecule has 2 aromatic heterocycles. The number of morpholine rings is 1. The molecular formula is C24H27N5O4. The van der Waals surface area contributed by atoms with E-state index in [0.29, 0.717) is 43.2 Å². The van der Waals surface area contributed by atoms with Crippen molar-refractivity contribution in [2.24, 2.45) is 5.73 Å². The molecule has 1 aromatic carbocycles. The van der Waals surface area contributed by atoms with E-state index in [1.807, 2.05) is 29.2 Å². The molecule has 9 nitrogen and oxygen atoms in total. The van der Waals surface area contributed by atoms with Gasteiger partial charge in [0, 0.05) is 54.8 Å². The minimum absolute atomic E-state index is 0.00971. The van der Waals surface area contributed by atoms with Crippen molar-refractivity contribution in [3.63, 3.8) is 0 Å². The number of piperidine rings is 1. The number of ether oxygens (including phenoxy) is 1. The Morgan fingerprint density at radius 1 is 1.00 bits per heavy atom. The van der Waals surface area contributed by atoms with Crippen LogP contribution in [0.3, 0.4) is 0 Å². The molecule has 0 spiro atoms. The van der Waals surface area contributed by atoms with Crippen LogP contribution in [0, 0.1) is 0 Å². The SMILES string of the molecule is NC(=O)c1oc(-c2cn[nH]c2)cc1-c1ccc(C(=O)N2CCOCC2)cc1N1CCCCC1. The van der Waals surface area contributed by atoms with E-state index in [4.69, 9.17) is 14.9 Å². The van der Waals surface area contributed by atoms with E-state index in [1.165, 1.54) is 6.42 Å². The number of benzene rings is 1. The molecule has 2 amide bonds. The lowest BCUT2D eigenvalue weighted by atomic mass is 9.98. The average molecular weight is 450 g/mol. The highest BCUT2D eigenvalue weighted by Crippen LogP contribution is 2.39. The zero-order valence-corrected chi connectivity index (χ0v) is 18.4. The summed E-state index contributed by atoms with van der Waals surface area (Å²) in [6.45, 7) is 4.05. The minimum atomic E-state index is -0.641. The number of nitrogens with two attached hydrogens (primary N) is 1. The predicted octanol–water partition coefficient (Wildman–Crippen LogP) is 2.90. The van der Waals surface area contributed by atoms with Crippen LogP contribution in [-0.4, -0.2) is 66.3 Å². The molecule has 4 heterocycles. The van der Waals surface area contributed by atoms with Gasteiger partial charge in [-0.3, -0.25) is 14.7 Å². The average Bonchev–Trinajstić information content (AvgIpc) is 3.55. The van der Waals surface area contributed by atoms with E-state index in [2.05, 4.69) is 15.1 Å². The second kappa shape index (κ2) is 9.11. The third-order valence-electron chi connectivity index (χ3n) is 6.27. The lowest BCUT2D eigenvalue weighted by Gasteiger charge is -2.32. The van der Waals surface area contributed by atoms with Crippen LogP contribution in [0.2, 0.25) is 0 Å². The number of amides is 2. The molecule has 0 radical (unpaired) electrons. The van der Waals surface area contributed by atoms with Crippen molar-refractivity contribution in [2.45, 2.75) is 19.3 Å². The van der Waals surface area contributed by atoms with Gasteiger partial charge in [-0.05, 0) is 37.5 Å². The fraction of sp³-hybridized carbons (Fsp3) is 0.375. The number of nitrogens with one attached hydrogen (secondary N) is 1. The molecule has 2 fully saturated rings. The molecule has 5 rings (SSSR count). The first kappa shape index (κ1) is 21.3. The van der Waals surface area contributed by atoms with E-state index in [-0.39, 0.29) is 11.7 Å². The van der Waals surface area contributed by atoms with Gasteiger partial charge in [0.15, 0.2) is 5.76 Å². The lowest BCUT2D eigenvalue weighted by Crippen LogP contribution is -2.40. The molecule has 0 saturated carbocycles. The number of carbonyl (C=O) groups excluding carboxylic acids is 2. The van der Waals surface area contributed by atoms with Crippen molar-refractivity contribution >= 4 is 17.5 Å². The molecule has 2 aliphatic rings. The van der Waals surface area contributed by atoms with Crippen LogP contribution in [0.4, 0.5) is 5.69 Å². The Kier molecular flexibility index (Phi) is 5.87. The fourth-order valence-corrected chi connectivity index (χ4v) is 4.54. The third kappa shape index (κ3) is 4.23. The Labute approximate surface area is 191 Å². The topological polar surface area (TPSA) is 118 Å². The zero-order chi connectivity index (χ0) is 22.8. The fourth-order valence-electron chi connectivity index (χ4n) is 4.54. The molecule has 0 aliphatic carbocycles. The number of primary amides is 1. The Balaban J connectivity index is 1.59. The Bertz CT molecular complexity index is 1140. The van der Waals surface area contributed by atoms with Crippen molar-refractivity contribution in [3.05, 3.63) is 48.0 Å². The zero-order valence-electron chi connectivity index (χ0n) is 18.4. The molecule has 2 aliphatic heterocycles. The van der Waals surface area contributed by atoms with Crippen molar-refractivity contribution in [2.75, 3.05) is 44.3 Å². The summed E-state index contributed by atoms with van der Waals surface area (Å²) >= 11 is 0. The van der Waals surface area contributed by atoms with Crippen LogP contribution >= 0.6 is 0 Å². The van der Waals surface area contributed by atoms with Crippen molar-refractivity contribution < 1.29 is 18.7 Å². The maximum absolute atomic E-state index is 13.2. The molecule has 172 valence electrons. The molecule has 0 unspecified atom stereocenters. The van der Waals surface area contributed by atoms with Crippen molar-refractivity contribution in [1.82, 2.24) is 15.1 Å². The molecule has 0 atom stereocenters. The smallest absolute Gasteiger partial charge is 0.285 e. The number of hydrogen-bond donors (Lipinski definition) is 2. The van der Waals surface area contributed by atoms with Crippen LogP contribution < -0.4 is 10.6 Å². The summed E-state index contributed by atoms with van der Waals surface area (Å²) < 4.78 is 11.2. The Hall–Kier alpha value is -3.59. The number of H-pyrrole nitrogens is 1. The molecule has 2 saturated heterocycles. The molecular weight excluding hydrogens is 422 g/mol. The summed E-state index contributed by atoms with van der Waals surface area (Å²) in [5.74, 6) is -0.0512. The highest BCUT2D eigenvalue weighted by molar-refractivity contribution is 6.02. The molecule has 0 bridgehead atoms. The van der Waals surface area contributed by atoms with Gasteiger partial charge in [-0.2, -0.15) is 5.10 Å². The van der Waals surface area contributed by atoms with Gasteiger partial charge in [-0.1, -0.05) is 6.07 Å². The summed E-state index contributed by atoms with van der Waals surface area (Å²) in [4.78, 5) is 29.5. The molecule has 33 heavy (non-hydrogen) atoms. The summed E-state index contributed by atoms with van der Waals surface area (Å²) in [7, 11) is 0. The van der Waals surface area contributed by atoms with Crippen molar-refractivity contribution in [1.29, 1.82) is 0 Å². The largest absolute Gasteiger partial charge is 0.450 e. The third-order valence-corrected chi connectivity index (χ3v) is 6.27. The number of nitrogens with zero attached hydrogens (tertiary/aromatic N) is 3. The number of rotatable bonds is 5. The van der Waals surface area contributed by atoms with Gasteiger partial charge >= 0.3 is 0 Å². The Morgan fingerprint density at radius 2 is 1.79 bits per heavy atom. The number of aromatic nitrogens is 2. The normalized spacial score (nSPS) is 16.7. The van der Waals surface area contributed by atoms with Crippen LogP contribution in [0.1, 0.15) is 40.2 Å². The van der Waals surface area contributed by atoms with Gasteiger partial charge in [0.05, 0.1) is 25.0 Å². The second-order valence-electron chi connectivity index (χ2n) is 8.39. The van der Waals surface area contributed by atoms with Gasteiger partial charge in [0.25, 0.3) is 11.8 Å². The van der Waals surface area contributed by atoms with Crippen LogP contribution in [0.25, 0.3) is 22.5 Å². The van der Waals surface area contributed by atoms with Gasteiger partial charge in [0.2, 0.25) is 0 Å². The summed E-state index contributed by atoms with van der Waals surface area (Å²) in [5, 5.41) is 6.72. The van der Waals surface area contributed by atoms with E-state index in [0.717, 1.165) is 42.7 Å². The maximum Gasteiger partial charge on any atom is 0.285 e. The van der Waals surface area contributed by atoms with Gasteiger partial charge in [0.1, 0.15) is 5.76 Å². The summed E-state index contributed by atoms with van der Waals surface area (Å²) in [5.41, 5.74) is 9.38. The number of hydrogen-bond acceptors (Lipinski definition) is 6. The second-order valence-corrected chi connectivity index (χ2v) is 8.39. The Morgan fingerprint density at radius 3 is 2.48 bits per heavy atom.